The summed E-state index contributed by atoms with van der Waals surface area (Å²) in [7, 11) is 0. The van der Waals surface area contributed by atoms with Crippen LogP contribution in [0.5, 0.6) is 0 Å². The number of primary amides is 1. The largest absolute Gasteiger partial charge is 0.385 e. The van der Waals surface area contributed by atoms with Crippen molar-refractivity contribution in [2.45, 2.75) is 31.9 Å². The summed E-state index contributed by atoms with van der Waals surface area (Å²) in [5.41, 5.74) is 5.79. The summed E-state index contributed by atoms with van der Waals surface area (Å²) in [6.45, 7) is 1.28. The number of aliphatic hydroxyl groups is 1. The number of ketones is 1. The van der Waals surface area contributed by atoms with Gasteiger partial charge in [0.2, 0.25) is 11.8 Å². The minimum Gasteiger partial charge on any atom is -0.385 e. The molecule has 6 nitrogen and oxygen atoms in total. The second-order valence-corrected chi connectivity index (χ2v) is 4.53. The molecule has 2 amide bonds. The van der Waals surface area contributed by atoms with E-state index in [0.29, 0.717) is 0 Å². The molecule has 20 heavy (non-hydrogen) atoms. The number of rotatable bonds is 7. The van der Waals surface area contributed by atoms with Crippen LogP contribution in [0.3, 0.4) is 0 Å². The van der Waals surface area contributed by atoms with E-state index in [1.54, 1.807) is 0 Å². The van der Waals surface area contributed by atoms with Gasteiger partial charge in [0.1, 0.15) is 6.10 Å². The number of aliphatic hydroxyl groups excluding tert-OH is 1. The van der Waals surface area contributed by atoms with Crippen molar-refractivity contribution in [1.82, 2.24) is 5.32 Å². The van der Waals surface area contributed by atoms with E-state index in [4.69, 9.17) is 5.73 Å². The predicted octanol–water partition coefficient (Wildman–Crippen LogP) is -0.461. The summed E-state index contributed by atoms with van der Waals surface area (Å²) in [4.78, 5) is 33.9. The fourth-order valence-electron chi connectivity index (χ4n) is 1.84. The summed E-state index contributed by atoms with van der Waals surface area (Å²) in [6, 6.07) is 8.19. The SMILES string of the molecule is CC(=O)N[C@@H](Cc1ccccc1)C(=O)C(O)CC(N)=O. The van der Waals surface area contributed by atoms with E-state index in [2.05, 4.69) is 5.32 Å². The maximum atomic E-state index is 12.0. The topological polar surface area (TPSA) is 109 Å². The molecule has 0 heterocycles. The van der Waals surface area contributed by atoms with Gasteiger partial charge in [-0.2, -0.15) is 0 Å². The van der Waals surface area contributed by atoms with Crippen molar-refractivity contribution in [1.29, 1.82) is 0 Å². The lowest BCUT2D eigenvalue weighted by Gasteiger charge is -2.19. The van der Waals surface area contributed by atoms with E-state index in [0.717, 1.165) is 5.56 Å². The Morgan fingerprint density at radius 2 is 1.85 bits per heavy atom. The standard InChI is InChI=1S/C14H18N2O4/c1-9(17)16-11(7-10-5-3-2-4-6-10)14(20)12(18)8-13(15)19/h2-6,11-12,18H,7-8H2,1H3,(H2,15,19)(H,16,17)/t11-,12?/m0/s1. The van der Waals surface area contributed by atoms with E-state index in [1.165, 1.54) is 6.92 Å². The van der Waals surface area contributed by atoms with Crippen LogP contribution < -0.4 is 11.1 Å². The van der Waals surface area contributed by atoms with Gasteiger partial charge in [-0.1, -0.05) is 30.3 Å². The van der Waals surface area contributed by atoms with E-state index < -0.39 is 30.3 Å². The van der Waals surface area contributed by atoms with Gasteiger partial charge in [-0.3, -0.25) is 14.4 Å². The molecule has 1 unspecified atom stereocenters. The molecule has 0 aliphatic heterocycles. The first-order valence-electron chi connectivity index (χ1n) is 6.21. The Balaban J connectivity index is 2.80. The molecule has 0 aromatic heterocycles. The van der Waals surface area contributed by atoms with Crippen LogP contribution in [-0.4, -0.2) is 34.8 Å². The van der Waals surface area contributed by atoms with Crippen molar-refractivity contribution in [3.8, 4) is 0 Å². The molecule has 6 heteroatoms. The number of carbonyl (C=O) groups excluding carboxylic acids is 3. The third-order valence-electron chi connectivity index (χ3n) is 2.73. The maximum absolute atomic E-state index is 12.0. The Hall–Kier alpha value is -2.21. The smallest absolute Gasteiger partial charge is 0.220 e. The zero-order valence-corrected chi connectivity index (χ0v) is 11.2. The Labute approximate surface area is 117 Å². The molecule has 1 rings (SSSR count). The number of nitrogens with two attached hydrogens (primary N) is 1. The van der Waals surface area contributed by atoms with Gasteiger partial charge in [-0.05, 0) is 12.0 Å². The number of hydrogen-bond donors (Lipinski definition) is 3. The highest BCUT2D eigenvalue weighted by Gasteiger charge is 2.27. The lowest BCUT2D eigenvalue weighted by atomic mass is 9.97. The minimum absolute atomic E-state index is 0.245. The van der Waals surface area contributed by atoms with E-state index in [9.17, 15) is 19.5 Å². The highest BCUT2D eigenvalue weighted by molar-refractivity contribution is 5.94. The summed E-state index contributed by atoms with van der Waals surface area (Å²) in [6.07, 6.45) is -1.72. The molecule has 0 fully saturated rings. The van der Waals surface area contributed by atoms with Gasteiger partial charge >= 0.3 is 0 Å². The minimum atomic E-state index is -1.51. The third kappa shape index (κ3) is 5.19. The molecule has 108 valence electrons. The average molecular weight is 278 g/mol. The Morgan fingerprint density at radius 1 is 1.25 bits per heavy atom. The molecule has 0 spiro atoms. The fraction of sp³-hybridized carbons (Fsp3) is 0.357. The number of Topliss-reactive ketones (excluding diaryl/α,β-unsaturated/α-hetero) is 1. The van der Waals surface area contributed by atoms with Gasteiger partial charge in [0.15, 0.2) is 5.78 Å². The van der Waals surface area contributed by atoms with Crippen molar-refractivity contribution in [3.63, 3.8) is 0 Å². The van der Waals surface area contributed by atoms with Crippen LogP contribution in [0.25, 0.3) is 0 Å². The second-order valence-electron chi connectivity index (χ2n) is 4.53. The lowest BCUT2D eigenvalue weighted by Crippen LogP contribution is -2.46. The molecule has 0 saturated carbocycles. The van der Waals surface area contributed by atoms with Crippen molar-refractivity contribution >= 4 is 17.6 Å². The van der Waals surface area contributed by atoms with Gasteiger partial charge < -0.3 is 16.2 Å². The molecular weight excluding hydrogens is 260 g/mol. The number of hydrogen-bond acceptors (Lipinski definition) is 4. The predicted molar refractivity (Wildman–Crippen MR) is 72.6 cm³/mol. The van der Waals surface area contributed by atoms with Gasteiger partial charge in [0.25, 0.3) is 0 Å². The second kappa shape index (κ2) is 7.40. The molecule has 2 atom stereocenters. The molecule has 1 aromatic rings. The molecule has 1 aromatic carbocycles. The van der Waals surface area contributed by atoms with Crippen LogP contribution in [0.1, 0.15) is 18.9 Å². The van der Waals surface area contributed by atoms with Crippen molar-refractivity contribution in [3.05, 3.63) is 35.9 Å². The van der Waals surface area contributed by atoms with Crippen LogP contribution >= 0.6 is 0 Å². The van der Waals surface area contributed by atoms with Crippen LogP contribution in [0.15, 0.2) is 30.3 Å². The molecule has 0 aliphatic rings. The Morgan fingerprint density at radius 3 is 2.35 bits per heavy atom. The van der Waals surface area contributed by atoms with E-state index >= 15 is 0 Å². The summed E-state index contributed by atoms with van der Waals surface area (Å²) >= 11 is 0. The average Bonchev–Trinajstić information content (AvgIpc) is 2.37. The molecule has 0 saturated heterocycles. The fourth-order valence-corrected chi connectivity index (χ4v) is 1.84. The molecule has 4 N–H and O–H groups in total. The highest BCUT2D eigenvalue weighted by Crippen LogP contribution is 2.07. The van der Waals surface area contributed by atoms with Crippen molar-refractivity contribution < 1.29 is 19.5 Å². The van der Waals surface area contributed by atoms with Gasteiger partial charge in [0.05, 0.1) is 12.5 Å². The molecule has 0 aliphatic carbocycles. The van der Waals surface area contributed by atoms with Gasteiger partial charge in [0, 0.05) is 6.92 Å². The quantitative estimate of drug-likeness (QED) is 0.627. The zero-order chi connectivity index (χ0) is 15.1. The monoisotopic (exact) mass is 278 g/mol. The first-order chi connectivity index (χ1) is 9.40. The maximum Gasteiger partial charge on any atom is 0.220 e. The van der Waals surface area contributed by atoms with Gasteiger partial charge in [-0.15, -0.1) is 0 Å². The van der Waals surface area contributed by atoms with E-state index in [1.807, 2.05) is 30.3 Å². The first kappa shape index (κ1) is 15.8. The number of carbonyl (C=O) groups is 3. The molecular formula is C14H18N2O4. The summed E-state index contributed by atoms with van der Waals surface area (Å²) in [5.74, 6) is -1.78. The van der Waals surface area contributed by atoms with Crippen molar-refractivity contribution in [2.24, 2.45) is 5.73 Å². The third-order valence-corrected chi connectivity index (χ3v) is 2.73. The van der Waals surface area contributed by atoms with Crippen LogP contribution in [0.2, 0.25) is 0 Å². The normalized spacial score (nSPS) is 13.3. The number of nitrogens with one attached hydrogen (secondary N) is 1. The van der Waals surface area contributed by atoms with E-state index in [-0.39, 0.29) is 12.3 Å². The Kier molecular flexibility index (Phi) is 5.86. The molecule has 0 radical (unpaired) electrons. The Bertz CT molecular complexity index is 487. The number of amides is 2. The van der Waals surface area contributed by atoms with Gasteiger partial charge in [-0.25, -0.2) is 0 Å². The zero-order valence-electron chi connectivity index (χ0n) is 11.2. The highest BCUT2D eigenvalue weighted by atomic mass is 16.3. The molecule has 0 bridgehead atoms. The first-order valence-corrected chi connectivity index (χ1v) is 6.21. The number of benzene rings is 1. The van der Waals surface area contributed by atoms with Crippen LogP contribution in [0.4, 0.5) is 0 Å². The van der Waals surface area contributed by atoms with Crippen LogP contribution in [0, 0.1) is 0 Å². The summed E-state index contributed by atoms with van der Waals surface area (Å²) in [5, 5.41) is 12.1. The summed E-state index contributed by atoms with van der Waals surface area (Å²) < 4.78 is 0. The van der Waals surface area contributed by atoms with Crippen molar-refractivity contribution in [2.75, 3.05) is 0 Å². The van der Waals surface area contributed by atoms with Crippen LogP contribution in [-0.2, 0) is 20.8 Å². The lowest BCUT2D eigenvalue weighted by molar-refractivity contribution is -0.135.